The lowest BCUT2D eigenvalue weighted by molar-refractivity contribution is -0.734. The van der Waals surface area contributed by atoms with Crippen LogP contribution in [0.3, 0.4) is 0 Å². The Morgan fingerprint density at radius 2 is 1.50 bits per heavy atom. The molecule has 0 bridgehead atoms. The minimum atomic E-state index is 0.211. The van der Waals surface area contributed by atoms with E-state index in [-0.39, 0.29) is 5.28 Å². The highest BCUT2D eigenvalue weighted by atomic mass is 35.5. The summed E-state index contributed by atoms with van der Waals surface area (Å²) in [5.41, 5.74) is 1.81. The van der Waals surface area contributed by atoms with Crippen molar-refractivity contribution in [1.29, 1.82) is 0 Å². The fraction of sp³-hybridized carbons (Fsp3) is 0. The van der Waals surface area contributed by atoms with Crippen LogP contribution in [0.25, 0.3) is 11.4 Å². The van der Waals surface area contributed by atoms with E-state index in [0.717, 1.165) is 11.4 Å². The molecular formula is C13H10ClN4+. The Balaban J connectivity index is 2.17. The summed E-state index contributed by atoms with van der Waals surface area (Å²) in [6, 6.07) is 19.5. The lowest BCUT2D eigenvalue weighted by Crippen LogP contribution is -2.43. The molecule has 88 valence electrons. The molecular weight excluding hydrogens is 248 g/mol. The van der Waals surface area contributed by atoms with E-state index >= 15 is 0 Å². The molecule has 0 spiro atoms. The Hall–Kier alpha value is -2.20. The van der Waals surface area contributed by atoms with Crippen molar-refractivity contribution in [2.75, 3.05) is 0 Å². The molecule has 5 heteroatoms. The number of benzene rings is 2. The van der Waals surface area contributed by atoms with E-state index in [0.29, 0.717) is 0 Å². The Bertz CT molecular complexity index is 592. The van der Waals surface area contributed by atoms with Gasteiger partial charge in [-0.1, -0.05) is 36.4 Å². The smallest absolute Gasteiger partial charge is 0.0621 e. The van der Waals surface area contributed by atoms with E-state index in [1.165, 1.54) is 0 Å². The number of hydrogen-bond donors (Lipinski definition) is 0. The van der Waals surface area contributed by atoms with Gasteiger partial charge >= 0.3 is 5.28 Å². The minimum absolute atomic E-state index is 0.211. The first kappa shape index (κ1) is 10.9. The Morgan fingerprint density at radius 1 is 0.889 bits per heavy atom. The molecule has 0 unspecified atom stereocenters. The Labute approximate surface area is 109 Å². The summed E-state index contributed by atoms with van der Waals surface area (Å²) in [5.74, 6) is 0. The van der Waals surface area contributed by atoms with Crippen molar-refractivity contribution in [3.63, 3.8) is 0 Å². The maximum atomic E-state index is 5.90. The van der Waals surface area contributed by atoms with Crippen LogP contribution in [-0.2, 0) is 0 Å². The summed E-state index contributed by atoms with van der Waals surface area (Å²) in [6.45, 7) is 0. The lowest BCUT2D eigenvalue weighted by atomic mass is 10.3. The zero-order chi connectivity index (χ0) is 12.4. The van der Waals surface area contributed by atoms with Gasteiger partial charge in [0.25, 0.3) is 0 Å². The van der Waals surface area contributed by atoms with Crippen molar-refractivity contribution in [3.8, 4) is 11.4 Å². The van der Waals surface area contributed by atoms with Crippen LogP contribution in [0.5, 0.6) is 0 Å². The molecule has 0 aliphatic heterocycles. The van der Waals surface area contributed by atoms with Crippen molar-refractivity contribution in [1.82, 2.24) is 15.0 Å². The maximum Gasteiger partial charge on any atom is 0.400 e. The van der Waals surface area contributed by atoms with Crippen LogP contribution in [0.2, 0.25) is 5.28 Å². The molecule has 2 aromatic carbocycles. The van der Waals surface area contributed by atoms with Crippen LogP contribution in [0.15, 0.2) is 60.7 Å². The van der Waals surface area contributed by atoms with Gasteiger partial charge in [0.2, 0.25) is 0 Å². The molecule has 0 amide bonds. The molecule has 0 atom stereocenters. The third kappa shape index (κ3) is 1.98. The van der Waals surface area contributed by atoms with Crippen molar-refractivity contribution < 1.29 is 4.80 Å². The number of hydrogen-bond acceptors (Lipinski definition) is 2. The van der Waals surface area contributed by atoms with Crippen molar-refractivity contribution in [2.24, 2.45) is 0 Å². The zero-order valence-corrected chi connectivity index (χ0v) is 10.2. The highest BCUT2D eigenvalue weighted by Gasteiger charge is 2.19. The second-order valence-electron chi connectivity index (χ2n) is 3.72. The number of halogens is 1. The SMILES string of the molecule is Clc1nn(-c2ccccc2)[n+](-c2ccccc2)n1. The largest absolute Gasteiger partial charge is 0.400 e. The molecule has 0 fully saturated rings. The molecule has 0 radical (unpaired) electrons. The standard InChI is InChI=1S/C13H10ClN4/c14-13-15-17(11-7-3-1-4-8-11)18(16-13)12-9-5-2-6-10-12/h1-10H/q+1. The number of tetrazole rings is 1. The van der Waals surface area contributed by atoms with Gasteiger partial charge in [-0.2, -0.15) is 0 Å². The van der Waals surface area contributed by atoms with Crippen LogP contribution in [0.1, 0.15) is 0 Å². The second kappa shape index (κ2) is 4.58. The third-order valence-corrected chi connectivity index (χ3v) is 2.66. The van der Waals surface area contributed by atoms with Gasteiger partial charge in [-0.15, -0.1) is 0 Å². The van der Waals surface area contributed by atoms with Gasteiger partial charge in [0.15, 0.2) is 5.69 Å². The molecule has 4 nitrogen and oxygen atoms in total. The molecule has 1 heterocycles. The highest BCUT2D eigenvalue weighted by Crippen LogP contribution is 2.06. The number of aromatic nitrogens is 4. The molecule has 18 heavy (non-hydrogen) atoms. The zero-order valence-electron chi connectivity index (χ0n) is 9.44. The Morgan fingerprint density at radius 3 is 2.17 bits per heavy atom. The van der Waals surface area contributed by atoms with Gasteiger partial charge in [-0.25, -0.2) is 0 Å². The predicted octanol–water partition coefficient (Wildman–Crippen LogP) is 2.20. The van der Waals surface area contributed by atoms with E-state index in [1.54, 1.807) is 9.59 Å². The second-order valence-corrected chi connectivity index (χ2v) is 4.06. The first-order valence-electron chi connectivity index (χ1n) is 5.50. The summed E-state index contributed by atoms with van der Waals surface area (Å²) < 4.78 is 0. The van der Waals surface area contributed by atoms with Crippen LogP contribution >= 0.6 is 11.6 Å². The number of para-hydroxylation sites is 2. The predicted molar refractivity (Wildman–Crippen MR) is 67.9 cm³/mol. The Kier molecular flexibility index (Phi) is 2.78. The van der Waals surface area contributed by atoms with Crippen LogP contribution < -0.4 is 4.80 Å². The molecule has 0 aliphatic carbocycles. The number of nitrogens with zero attached hydrogens (tertiary/aromatic N) is 4. The number of rotatable bonds is 2. The summed E-state index contributed by atoms with van der Waals surface area (Å²) >= 11 is 5.90. The minimum Gasteiger partial charge on any atom is -0.0621 e. The normalized spacial score (nSPS) is 10.5. The first-order valence-corrected chi connectivity index (χ1v) is 5.88. The highest BCUT2D eigenvalue weighted by molar-refractivity contribution is 6.28. The average molecular weight is 258 g/mol. The maximum absolute atomic E-state index is 5.90. The molecule has 1 aromatic heterocycles. The van der Waals surface area contributed by atoms with Gasteiger partial charge in [-0.3, -0.25) is 0 Å². The van der Waals surface area contributed by atoms with Crippen LogP contribution in [-0.4, -0.2) is 15.0 Å². The van der Waals surface area contributed by atoms with E-state index < -0.39 is 0 Å². The van der Waals surface area contributed by atoms with Gasteiger partial charge in [-0.05, 0) is 40.7 Å². The summed E-state index contributed by atoms with van der Waals surface area (Å²) in [4.78, 5) is 3.33. The topological polar surface area (TPSA) is 34.6 Å². The summed E-state index contributed by atoms with van der Waals surface area (Å²) in [5, 5.41) is 8.59. The van der Waals surface area contributed by atoms with Gasteiger partial charge in [0.1, 0.15) is 5.69 Å². The van der Waals surface area contributed by atoms with Gasteiger partial charge in [0, 0.05) is 9.90 Å². The van der Waals surface area contributed by atoms with Gasteiger partial charge in [0.05, 0.1) is 5.10 Å². The van der Waals surface area contributed by atoms with Crippen molar-refractivity contribution in [2.45, 2.75) is 0 Å². The fourth-order valence-corrected chi connectivity index (χ4v) is 1.86. The van der Waals surface area contributed by atoms with E-state index in [1.807, 2.05) is 60.7 Å². The average Bonchev–Trinajstić information content (AvgIpc) is 2.83. The first-order chi connectivity index (χ1) is 8.84. The van der Waals surface area contributed by atoms with E-state index in [2.05, 4.69) is 10.2 Å². The van der Waals surface area contributed by atoms with Crippen molar-refractivity contribution in [3.05, 3.63) is 65.9 Å². The molecule has 0 N–H and O–H groups in total. The van der Waals surface area contributed by atoms with Crippen molar-refractivity contribution >= 4 is 11.6 Å². The van der Waals surface area contributed by atoms with Gasteiger partial charge < -0.3 is 0 Å². The van der Waals surface area contributed by atoms with E-state index in [9.17, 15) is 0 Å². The lowest BCUT2D eigenvalue weighted by Gasteiger charge is -1.98. The van der Waals surface area contributed by atoms with Crippen LogP contribution in [0.4, 0.5) is 0 Å². The molecule has 0 saturated heterocycles. The summed E-state index contributed by atoms with van der Waals surface area (Å²) in [6.07, 6.45) is 0. The van der Waals surface area contributed by atoms with E-state index in [4.69, 9.17) is 11.6 Å². The van der Waals surface area contributed by atoms with Crippen LogP contribution in [0, 0.1) is 0 Å². The molecule has 0 saturated carbocycles. The monoisotopic (exact) mass is 257 g/mol. The molecule has 3 rings (SSSR count). The fourth-order valence-electron chi connectivity index (χ4n) is 1.72. The quantitative estimate of drug-likeness (QED) is 0.660. The summed E-state index contributed by atoms with van der Waals surface area (Å²) in [7, 11) is 0. The third-order valence-electron chi connectivity index (χ3n) is 2.51. The molecule has 3 aromatic rings. The molecule has 0 aliphatic rings.